The fourth-order valence-corrected chi connectivity index (χ4v) is 2.95. The van der Waals surface area contributed by atoms with Crippen molar-refractivity contribution in [1.29, 1.82) is 0 Å². The van der Waals surface area contributed by atoms with Gasteiger partial charge in [-0.2, -0.15) is 0 Å². The number of methoxy groups -OCH3 is 1. The van der Waals surface area contributed by atoms with Gasteiger partial charge in [-0.1, -0.05) is 40.0 Å². The van der Waals surface area contributed by atoms with E-state index in [0.29, 0.717) is 11.5 Å². The Morgan fingerprint density at radius 2 is 1.67 bits per heavy atom. The fraction of sp³-hybridized carbons (Fsp3) is 1.00. The molecule has 0 aromatic carbocycles. The predicted octanol–water partition coefficient (Wildman–Crippen LogP) is 4.11. The van der Waals surface area contributed by atoms with Crippen LogP contribution in [0.15, 0.2) is 0 Å². The summed E-state index contributed by atoms with van der Waals surface area (Å²) in [7, 11) is 1.87. The van der Waals surface area contributed by atoms with E-state index in [2.05, 4.69) is 25.7 Å². The Morgan fingerprint density at radius 1 is 1.00 bits per heavy atom. The molecule has 0 amide bonds. The van der Waals surface area contributed by atoms with Gasteiger partial charge in [-0.15, -0.1) is 0 Å². The molecule has 3 heteroatoms. The third-order valence-electron chi connectivity index (χ3n) is 4.39. The van der Waals surface area contributed by atoms with E-state index < -0.39 is 0 Å². The topological polar surface area (TPSA) is 21.7 Å². The number of morpholine rings is 1. The zero-order valence-corrected chi connectivity index (χ0v) is 14.8. The van der Waals surface area contributed by atoms with E-state index in [1.54, 1.807) is 0 Å². The lowest BCUT2D eigenvalue weighted by molar-refractivity contribution is 0.0367. The molecular formula is C18H37NO2. The lowest BCUT2D eigenvalue weighted by Gasteiger charge is -2.26. The van der Waals surface area contributed by atoms with Crippen molar-refractivity contribution in [2.24, 2.45) is 5.41 Å². The molecule has 0 aromatic heterocycles. The summed E-state index contributed by atoms with van der Waals surface area (Å²) < 4.78 is 11.0. The highest BCUT2D eigenvalue weighted by Crippen LogP contribution is 2.23. The Bertz CT molecular complexity index is 244. The normalized spacial score (nSPS) is 18.9. The van der Waals surface area contributed by atoms with Gasteiger partial charge < -0.3 is 9.47 Å². The molecule has 1 atom stereocenters. The van der Waals surface area contributed by atoms with Gasteiger partial charge in [0.05, 0.1) is 19.3 Å². The van der Waals surface area contributed by atoms with Crippen LogP contribution in [0.3, 0.4) is 0 Å². The van der Waals surface area contributed by atoms with Crippen LogP contribution in [0.2, 0.25) is 0 Å². The summed E-state index contributed by atoms with van der Waals surface area (Å²) in [4.78, 5) is 2.53. The van der Waals surface area contributed by atoms with E-state index in [1.807, 2.05) is 7.11 Å². The molecule has 21 heavy (non-hydrogen) atoms. The molecule has 1 fully saturated rings. The van der Waals surface area contributed by atoms with Gasteiger partial charge in [-0.25, -0.2) is 0 Å². The van der Waals surface area contributed by atoms with Crippen LogP contribution >= 0.6 is 0 Å². The Labute approximate surface area is 132 Å². The van der Waals surface area contributed by atoms with Crippen molar-refractivity contribution in [3.63, 3.8) is 0 Å². The van der Waals surface area contributed by atoms with Crippen LogP contribution in [0.25, 0.3) is 0 Å². The molecule has 0 saturated carbocycles. The summed E-state index contributed by atoms with van der Waals surface area (Å²) in [5.74, 6) is 0. The first-order valence-electron chi connectivity index (χ1n) is 8.84. The first kappa shape index (κ1) is 18.9. The average Bonchev–Trinajstić information content (AvgIpc) is 2.45. The van der Waals surface area contributed by atoms with E-state index in [1.165, 1.54) is 51.5 Å². The Morgan fingerprint density at radius 3 is 2.29 bits per heavy atom. The minimum Gasteiger partial charge on any atom is -0.381 e. The molecule has 126 valence electrons. The van der Waals surface area contributed by atoms with Gasteiger partial charge in [0, 0.05) is 20.2 Å². The van der Waals surface area contributed by atoms with Gasteiger partial charge in [0.25, 0.3) is 0 Å². The van der Waals surface area contributed by atoms with Crippen LogP contribution in [-0.4, -0.2) is 51.0 Å². The highest BCUT2D eigenvalue weighted by atomic mass is 16.5. The van der Waals surface area contributed by atoms with Crippen LogP contribution in [0.1, 0.15) is 65.7 Å². The first-order chi connectivity index (χ1) is 10.0. The van der Waals surface area contributed by atoms with Crippen LogP contribution in [0.4, 0.5) is 0 Å². The minimum absolute atomic E-state index is 0.455. The molecule has 0 aliphatic carbocycles. The maximum Gasteiger partial charge on any atom is 0.0594 e. The molecule has 1 rings (SSSR count). The van der Waals surface area contributed by atoms with Gasteiger partial charge in [-0.05, 0) is 37.6 Å². The van der Waals surface area contributed by atoms with E-state index in [0.717, 1.165) is 26.3 Å². The van der Waals surface area contributed by atoms with Gasteiger partial charge in [0.1, 0.15) is 0 Å². The number of ether oxygens (including phenoxy) is 2. The largest absolute Gasteiger partial charge is 0.381 e. The molecule has 1 heterocycles. The molecule has 1 saturated heterocycles. The summed E-state index contributed by atoms with van der Waals surface area (Å²) in [6.45, 7) is 12.3. The smallest absolute Gasteiger partial charge is 0.0594 e. The molecule has 0 bridgehead atoms. The number of hydrogen-bond acceptors (Lipinski definition) is 3. The molecular weight excluding hydrogens is 262 g/mol. The van der Waals surface area contributed by atoms with Crippen molar-refractivity contribution in [1.82, 2.24) is 4.90 Å². The number of hydrogen-bond donors (Lipinski definition) is 0. The van der Waals surface area contributed by atoms with Crippen LogP contribution in [0, 0.1) is 5.41 Å². The molecule has 0 N–H and O–H groups in total. The molecule has 1 aliphatic heterocycles. The third kappa shape index (κ3) is 10.3. The average molecular weight is 299 g/mol. The van der Waals surface area contributed by atoms with Crippen molar-refractivity contribution in [3.05, 3.63) is 0 Å². The van der Waals surface area contributed by atoms with Crippen molar-refractivity contribution in [2.75, 3.05) is 40.0 Å². The summed E-state index contributed by atoms with van der Waals surface area (Å²) in [6.07, 6.45) is 9.45. The summed E-state index contributed by atoms with van der Waals surface area (Å²) in [6, 6.07) is 0. The molecule has 0 spiro atoms. The van der Waals surface area contributed by atoms with E-state index >= 15 is 0 Å². The van der Waals surface area contributed by atoms with E-state index in [4.69, 9.17) is 9.47 Å². The van der Waals surface area contributed by atoms with Crippen LogP contribution in [-0.2, 0) is 9.47 Å². The zero-order chi connectivity index (χ0) is 15.6. The van der Waals surface area contributed by atoms with Crippen molar-refractivity contribution >= 4 is 0 Å². The molecule has 3 nitrogen and oxygen atoms in total. The summed E-state index contributed by atoms with van der Waals surface area (Å²) in [5.41, 5.74) is 0.455. The quantitative estimate of drug-likeness (QED) is 0.567. The van der Waals surface area contributed by atoms with Gasteiger partial charge in [-0.3, -0.25) is 4.90 Å². The van der Waals surface area contributed by atoms with Crippen molar-refractivity contribution < 1.29 is 9.47 Å². The van der Waals surface area contributed by atoms with Gasteiger partial charge >= 0.3 is 0 Å². The second kappa shape index (κ2) is 10.6. The number of nitrogens with zero attached hydrogens (tertiary/aromatic N) is 1. The molecule has 0 unspecified atom stereocenters. The summed E-state index contributed by atoms with van der Waals surface area (Å²) in [5, 5.41) is 0. The second-order valence-electron chi connectivity index (χ2n) is 7.61. The fourth-order valence-electron chi connectivity index (χ4n) is 2.95. The Balaban J connectivity index is 1.98. The maximum absolute atomic E-state index is 5.63. The SMILES string of the molecule is CO[C@@H](CCCCCN1CCOCC1)CCCC(C)(C)C. The monoisotopic (exact) mass is 299 g/mol. The lowest BCUT2D eigenvalue weighted by atomic mass is 9.89. The standard InChI is InChI=1S/C18H37NO2/c1-18(2,3)11-8-10-17(20-4)9-6-5-7-12-19-13-15-21-16-14-19/h17H,5-16H2,1-4H3/t17-/m0/s1. The van der Waals surface area contributed by atoms with Crippen molar-refractivity contribution in [3.8, 4) is 0 Å². The van der Waals surface area contributed by atoms with E-state index in [-0.39, 0.29) is 0 Å². The minimum atomic E-state index is 0.455. The first-order valence-corrected chi connectivity index (χ1v) is 8.84. The van der Waals surface area contributed by atoms with Gasteiger partial charge in [0.2, 0.25) is 0 Å². The summed E-state index contributed by atoms with van der Waals surface area (Å²) >= 11 is 0. The zero-order valence-electron chi connectivity index (χ0n) is 14.8. The number of rotatable bonds is 10. The van der Waals surface area contributed by atoms with Crippen molar-refractivity contribution in [2.45, 2.75) is 71.8 Å². The van der Waals surface area contributed by atoms with E-state index in [9.17, 15) is 0 Å². The van der Waals surface area contributed by atoms with Crippen LogP contribution < -0.4 is 0 Å². The Kier molecular flexibility index (Phi) is 9.54. The van der Waals surface area contributed by atoms with Gasteiger partial charge in [0.15, 0.2) is 0 Å². The molecule has 0 radical (unpaired) electrons. The predicted molar refractivity (Wildman–Crippen MR) is 89.8 cm³/mol. The molecule has 1 aliphatic rings. The third-order valence-corrected chi connectivity index (χ3v) is 4.39. The van der Waals surface area contributed by atoms with Crippen LogP contribution in [0.5, 0.6) is 0 Å². The Hall–Kier alpha value is -0.120. The maximum atomic E-state index is 5.63. The number of unbranched alkanes of at least 4 members (excludes halogenated alkanes) is 2. The highest BCUT2D eigenvalue weighted by Gasteiger charge is 2.13. The lowest BCUT2D eigenvalue weighted by Crippen LogP contribution is -2.36. The molecule has 0 aromatic rings. The highest BCUT2D eigenvalue weighted by molar-refractivity contribution is 4.66. The second-order valence-corrected chi connectivity index (χ2v) is 7.61.